The molecule has 0 aliphatic rings. The van der Waals surface area contributed by atoms with Gasteiger partial charge in [-0.2, -0.15) is 0 Å². The van der Waals surface area contributed by atoms with Gasteiger partial charge in [-0.25, -0.2) is 15.0 Å². The molecule has 116 valence electrons. The summed E-state index contributed by atoms with van der Waals surface area (Å²) in [5.74, 6) is 0.653. The molecule has 2 heterocycles. The van der Waals surface area contributed by atoms with Crippen molar-refractivity contribution in [2.75, 3.05) is 0 Å². The van der Waals surface area contributed by atoms with Gasteiger partial charge in [0.25, 0.3) is 0 Å². The van der Waals surface area contributed by atoms with Crippen LogP contribution in [0.5, 0.6) is 0 Å². The van der Waals surface area contributed by atoms with Crippen LogP contribution in [0.3, 0.4) is 0 Å². The summed E-state index contributed by atoms with van der Waals surface area (Å²) >= 11 is 0. The maximum Gasteiger partial charge on any atom is 0.178 e. The fourth-order valence-electron chi connectivity index (χ4n) is 2.94. The van der Waals surface area contributed by atoms with Gasteiger partial charge in [0.2, 0.25) is 0 Å². The van der Waals surface area contributed by atoms with E-state index in [2.05, 4.69) is 42.0 Å². The number of benzene rings is 2. The van der Waals surface area contributed by atoms with E-state index in [0.717, 1.165) is 27.9 Å². The number of pyridine rings is 1. The molecule has 0 aliphatic carbocycles. The van der Waals surface area contributed by atoms with Gasteiger partial charge in [0, 0.05) is 17.1 Å². The van der Waals surface area contributed by atoms with Crippen LogP contribution in [0.1, 0.15) is 11.1 Å². The van der Waals surface area contributed by atoms with Crippen molar-refractivity contribution in [2.24, 2.45) is 0 Å². The minimum atomic E-state index is 0.653. The molecular weight excluding hydrogens is 294 g/mol. The minimum absolute atomic E-state index is 0.653. The molecule has 3 nitrogen and oxygen atoms in total. The van der Waals surface area contributed by atoms with Gasteiger partial charge in [0.05, 0.1) is 11.2 Å². The summed E-state index contributed by atoms with van der Waals surface area (Å²) in [6.45, 7) is 4.21. The molecule has 2 aromatic carbocycles. The zero-order chi connectivity index (χ0) is 16.5. The first-order chi connectivity index (χ1) is 11.7. The number of aryl methyl sites for hydroxylation is 2. The van der Waals surface area contributed by atoms with Crippen LogP contribution in [0.4, 0.5) is 0 Å². The minimum Gasteiger partial charge on any atom is -0.244 e. The second kappa shape index (κ2) is 5.85. The van der Waals surface area contributed by atoms with Crippen molar-refractivity contribution in [3.63, 3.8) is 0 Å². The van der Waals surface area contributed by atoms with Gasteiger partial charge in [-0.05, 0) is 44.2 Å². The van der Waals surface area contributed by atoms with Crippen LogP contribution in [-0.2, 0) is 0 Å². The second-order valence-electron chi connectivity index (χ2n) is 6.04. The highest BCUT2D eigenvalue weighted by atomic mass is 14.9. The predicted octanol–water partition coefficient (Wildman–Crippen LogP) is 4.98. The van der Waals surface area contributed by atoms with Gasteiger partial charge < -0.3 is 0 Å². The van der Waals surface area contributed by atoms with Crippen LogP contribution >= 0.6 is 0 Å². The first-order valence-corrected chi connectivity index (χ1v) is 7.97. The Morgan fingerprint density at radius 2 is 1.46 bits per heavy atom. The molecule has 0 atom stereocenters. The molecule has 0 saturated heterocycles. The molecule has 3 heteroatoms. The van der Waals surface area contributed by atoms with E-state index in [-0.39, 0.29) is 0 Å². The van der Waals surface area contributed by atoms with Gasteiger partial charge in [-0.15, -0.1) is 0 Å². The largest absolute Gasteiger partial charge is 0.244 e. The first kappa shape index (κ1) is 14.5. The Balaban J connectivity index is 1.81. The lowest BCUT2D eigenvalue weighted by Crippen LogP contribution is -1.94. The highest BCUT2D eigenvalue weighted by molar-refractivity contribution is 5.79. The number of aromatic nitrogens is 3. The summed E-state index contributed by atoms with van der Waals surface area (Å²) in [6.07, 6.45) is 1.85. The third-order valence-corrected chi connectivity index (χ3v) is 3.98. The molecule has 0 saturated carbocycles. The zero-order valence-electron chi connectivity index (χ0n) is 13.7. The summed E-state index contributed by atoms with van der Waals surface area (Å²) in [5.41, 5.74) is 6.25. The van der Waals surface area contributed by atoms with Gasteiger partial charge in [-0.1, -0.05) is 41.5 Å². The van der Waals surface area contributed by atoms with Gasteiger partial charge in [0.1, 0.15) is 5.69 Å². The maximum atomic E-state index is 4.78. The van der Waals surface area contributed by atoms with Gasteiger partial charge in [-0.3, -0.25) is 0 Å². The molecule has 2 aromatic heterocycles. The van der Waals surface area contributed by atoms with Gasteiger partial charge >= 0.3 is 0 Å². The summed E-state index contributed by atoms with van der Waals surface area (Å²) in [5, 5.41) is 1.03. The summed E-state index contributed by atoms with van der Waals surface area (Å²) in [7, 11) is 0. The van der Waals surface area contributed by atoms with Crippen molar-refractivity contribution in [1.29, 1.82) is 0 Å². The molecule has 0 fully saturated rings. The van der Waals surface area contributed by atoms with Crippen molar-refractivity contribution in [3.05, 3.63) is 78.0 Å². The molecule has 0 unspecified atom stereocenters. The highest BCUT2D eigenvalue weighted by Gasteiger charge is 2.07. The molecule has 24 heavy (non-hydrogen) atoms. The van der Waals surface area contributed by atoms with E-state index in [4.69, 9.17) is 4.98 Å². The highest BCUT2D eigenvalue weighted by Crippen LogP contribution is 2.23. The van der Waals surface area contributed by atoms with E-state index < -0.39 is 0 Å². The SMILES string of the molecule is Cc1cc(C)cc(-c2cccc(-c3ncc4ccccc4n3)n2)c1. The summed E-state index contributed by atoms with van der Waals surface area (Å²) in [4.78, 5) is 13.9. The lowest BCUT2D eigenvalue weighted by molar-refractivity contribution is 1.18. The molecule has 0 aliphatic heterocycles. The van der Waals surface area contributed by atoms with Crippen LogP contribution in [0.25, 0.3) is 33.7 Å². The van der Waals surface area contributed by atoms with E-state index in [0.29, 0.717) is 5.82 Å². The van der Waals surface area contributed by atoms with Gasteiger partial charge in [0.15, 0.2) is 5.82 Å². The Morgan fingerprint density at radius 1 is 0.708 bits per heavy atom. The molecule has 0 bridgehead atoms. The molecule has 0 N–H and O–H groups in total. The van der Waals surface area contributed by atoms with Crippen molar-refractivity contribution < 1.29 is 0 Å². The topological polar surface area (TPSA) is 38.7 Å². The Hall–Kier alpha value is -3.07. The number of rotatable bonds is 2. The molecule has 0 spiro atoms. The molecule has 4 rings (SSSR count). The van der Waals surface area contributed by atoms with E-state index in [9.17, 15) is 0 Å². The van der Waals surface area contributed by atoms with E-state index in [1.165, 1.54) is 11.1 Å². The van der Waals surface area contributed by atoms with E-state index in [1.54, 1.807) is 0 Å². The standard InChI is InChI=1S/C21H17N3/c1-14-10-15(2)12-17(11-14)19-8-5-9-20(23-19)21-22-13-16-6-3-4-7-18(16)24-21/h3-13H,1-2H3. The van der Waals surface area contributed by atoms with Crippen LogP contribution in [0, 0.1) is 13.8 Å². The molecule has 4 aromatic rings. The van der Waals surface area contributed by atoms with Crippen LogP contribution < -0.4 is 0 Å². The van der Waals surface area contributed by atoms with Crippen LogP contribution in [0.2, 0.25) is 0 Å². The molecule has 0 radical (unpaired) electrons. The monoisotopic (exact) mass is 311 g/mol. The summed E-state index contributed by atoms with van der Waals surface area (Å²) in [6, 6.07) is 20.4. The number of hydrogen-bond donors (Lipinski definition) is 0. The predicted molar refractivity (Wildman–Crippen MR) is 97.7 cm³/mol. The van der Waals surface area contributed by atoms with Crippen LogP contribution in [0.15, 0.2) is 66.9 Å². The van der Waals surface area contributed by atoms with Crippen molar-refractivity contribution in [3.8, 4) is 22.8 Å². The fraction of sp³-hybridized carbons (Fsp3) is 0.0952. The Bertz CT molecular complexity index is 1020. The lowest BCUT2D eigenvalue weighted by atomic mass is 10.0. The average molecular weight is 311 g/mol. The van der Waals surface area contributed by atoms with Crippen molar-refractivity contribution >= 4 is 10.9 Å². The number of fused-ring (bicyclic) bond motifs is 1. The normalized spacial score (nSPS) is 10.9. The Kier molecular flexibility index (Phi) is 3.54. The number of nitrogens with zero attached hydrogens (tertiary/aromatic N) is 3. The average Bonchev–Trinajstić information content (AvgIpc) is 2.60. The third kappa shape index (κ3) is 2.76. The summed E-state index contributed by atoms with van der Waals surface area (Å²) < 4.78 is 0. The van der Waals surface area contributed by atoms with Crippen LogP contribution in [-0.4, -0.2) is 15.0 Å². The van der Waals surface area contributed by atoms with Crippen molar-refractivity contribution in [2.45, 2.75) is 13.8 Å². The van der Waals surface area contributed by atoms with E-state index in [1.807, 2.05) is 48.7 Å². The zero-order valence-corrected chi connectivity index (χ0v) is 13.7. The number of hydrogen-bond acceptors (Lipinski definition) is 3. The lowest BCUT2D eigenvalue weighted by Gasteiger charge is -2.07. The van der Waals surface area contributed by atoms with Crippen molar-refractivity contribution in [1.82, 2.24) is 15.0 Å². The Morgan fingerprint density at radius 3 is 2.29 bits per heavy atom. The quantitative estimate of drug-likeness (QED) is 0.524. The molecular formula is C21H17N3. The third-order valence-electron chi connectivity index (χ3n) is 3.98. The Labute approximate surface area is 141 Å². The smallest absolute Gasteiger partial charge is 0.178 e. The number of para-hydroxylation sites is 1. The maximum absolute atomic E-state index is 4.78. The molecule has 0 amide bonds. The first-order valence-electron chi connectivity index (χ1n) is 7.97. The fourth-order valence-corrected chi connectivity index (χ4v) is 2.94. The second-order valence-corrected chi connectivity index (χ2v) is 6.04. The van der Waals surface area contributed by atoms with E-state index >= 15 is 0 Å².